The van der Waals surface area contributed by atoms with Crippen molar-refractivity contribution in [1.29, 1.82) is 0 Å². The number of rotatable bonds is 3. The highest BCUT2D eigenvalue weighted by Gasteiger charge is 2.58. The Hall–Kier alpha value is -0.300. The molecular formula is C15H27N. The lowest BCUT2D eigenvalue weighted by Gasteiger charge is -2.43. The van der Waals surface area contributed by atoms with E-state index in [1.807, 2.05) is 0 Å². The average molecular weight is 221 g/mol. The number of allylic oxidation sites excluding steroid dienone is 1. The summed E-state index contributed by atoms with van der Waals surface area (Å²) in [5, 5.41) is 3.80. The van der Waals surface area contributed by atoms with E-state index in [2.05, 4.69) is 46.0 Å². The smallest absolute Gasteiger partial charge is 0.0178 e. The molecule has 0 amide bonds. The first-order chi connectivity index (χ1) is 7.36. The largest absolute Gasteiger partial charge is 0.309 e. The third-order valence-corrected chi connectivity index (χ3v) is 5.10. The molecule has 1 nitrogen and oxygen atoms in total. The second-order valence-electron chi connectivity index (χ2n) is 7.04. The fourth-order valence-electron chi connectivity index (χ4n) is 4.19. The standard InChI is InChI=1S/C15H27N/c1-11(2)7-9-16-13-14(3,4)12-6-8-15(13,5)10-12/h7,12-13,16H,6,8-10H2,1-5H3. The molecule has 0 aromatic heterocycles. The van der Waals surface area contributed by atoms with Gasteiger partial charge in [0.2, 0.25) is 0 Å². The summed E-state index contributed by atoms with van der Waals surface area (Å²) in [6, 6.07) is 0.703. The lowest BCUT2D eigenvalue weighted by Crippen LogP contribution is -2.50. The summed E-state index contributed by atoms with van der Waals surface area (Å²) < 4.78 is 0. The van der Waals surface area contributed by atoms with Gasteiger partial charge >= 0.3 is 0 Å². The Bertz CT molecular complexity index is 294. The minimum absolute atomic E-state index is 0.489. The summed E-state index contributed by atoms with van der Waals surface area (Å²) in [6.45, 7) is 12.8. The number of hydrogen-bond acceptors (Lipinski definition) is 1. The predicted molar refractivity (Wildman–Crippen MR) is 70.5 cm³/mol. The van der Waals surface area contributed by atoms with Gasteiger partial charge < -0.3 is 5.32 Å². The second kappa shape index (κ2) is 3.87. The molecule has 2 saturated carbocycles. The van der Waals surface area contributed by atoms with Crippen molar-refractivity contribution in [1.82, 2.24) is 5.32 Å². The molecule has 0 aliphatic heterocycles. The van der Waals surface area contributed by atoms with Crippen LogP contribution in [-0.4, -0.2) is 12.6 Å². The molecule has 2 aliphatic carbocycles. The van der Waals surface area contributed by atoms with Gasteiger partial charge in [0.15, 0.2) is 0 Å². The number of hydrogen-bond donors (Lipinski definition) is 1. The number of fused-ring (bicyclic) bond motifs is 2. The number of nitrogens with one attached hydrogen (secondary N) is 1. The van der Waals surface area contributed by atoms with E-state index in [9.17, 15) is 0 Å². The zero-order valence-corrected chi connectivity index (χ0v) is 11.6. The molecule has 3 unspecified atom stereocenters. The van der Waals surface area contributed by atoms with Gasteiger partial charge in [0, 0.05) is 12.6 Å². The van der Waals surface area contributed by atoms with Gasteiger partial charge in [0.05, 0.1) is 0 Å². The highest BCUT2D eigenvalue weighted by Crippen LogP contribution is 2.62. The van der Waals surface area contributed by atoms with E-state index in [4.69, 9.17) is 0 Å². The molecule has 16 heavy (non-hydrogen) atoms. The Labute approximate surface area is 101 Å². The fourth-order valence-corrected chi connectivity index (χ4v) is 4.19. The molecule has 0 aromatic carbocycles. The van der Waals surface area contributed by atoms with E-state index in [1.165, 1.54) is 24.8 Å². The Morgan fingerprint density at radius 3 is 2.50 bits per heavy atom. The lowest BCUT2D eigenvalue weighted by atomic mass is 9.68. The maximum atomic E-state index is 3.80. The van der Waals surface area contributed by atoms with Crippen LogP contribution in [0.4, 0.5) is 0 Å². The molecular weight excluding hydrogens is 194 g/mol. The van der Waals surface area contributed by atoms with E-state index >= 15 is 0 Å². The fraction of sp³-hybridized carbons (Fsp3) is 0.867. The van der Waals surface area contributed by atoms with Crippen molar-refractivity contribution in [3.63, 3.8) is 0 Å². The zero-order valence-electron chi connectivity index (χ0n) is 11.6. The maximum Gasteiger partial charge on any atom is 0.0178 e. The van der Waals surface area contributed by atoms with Crippen molar-refractivity contribution in [2.75, 3.05) is 6.54 Å². The minimum atomic E-state index is 0.489. The summed E-state index contributed by atoms with van der Waals surface area (Å²) in [7, 11) is 0. The summed E-state index contributed by atoms with van der Waals surface area (Å²) in [4.78, 5) is 0. The Morgan fingerprint density at radius 1 is 1.31 bits per heavy atom. The molecule has 0 radical (unpaired) electrons. The van der Waals surface area contributed by atoms with Gasteiger partial charge in [-0.1, -0.05) is 32.4 Å². The highest BCUT2D eigenvalue weighted by molar-refractivity contribution is 5.12. The van der Waals surface area contributed by atoms with Crippen LogP contribution in [0.1, 0.15) is 53.9 Å². The first-order valence-electron chi connectivity index (χ1n) is 6.73. The zero-order chi connectivity index (χ0) is 12.0. The van der Waals surface area contributed by atoms with E-state index in [1.54, 1.807) is 0 Å². The predicted octanol–water partition coefficient (Wildman–Crippen LogP) is 3.76. The van der Waals surface area contributed by atoms with Gasteiger partial charge in [-0.25, -0.2) is 0 Å². The normalized spacial score (nSPS) is 40.1. The molecule has 2 fully saturated rings. The molecule has 1 heteroatoms. The molecule has 92 valence electrons. The van der Waals surface area contributed by atoms with Gasteiger partial charge in [-0.15, -0.1) is 0 Å². The Kier molecular flexibility index (Phi) is 2.94. The first-order valence-corrected chi connectivity index (χ1v) is 6.73. The van der Waals surface area contributed by atoms with Crippen LogP contribution >= 0.6 is 0 Å². The molecule has 2 aliphatic rings. The Morgan fingerprint density at radius 2 is 2.00 bits per heavy atom. The first kappa shape index (κ1) is 12.2. The quantitative estimate of drug-likeness (QED) is 0.716. The Balaban J connectivity index is 2.05. The monoisotopic (exact) mass is 221 g/mol. The van der Waals surface area contributed by atoms with Crippen LogP contribution in [0.15, 0.2) is 11.6 Å². The van der Waals surface area contributed by atoms with Crippen LogP contribution in [0.3, 0.4) is 0 Å². The summed E-state index contributed by atoms with van der Waals surface area (Å²) in [6.07, 6.45) is 6.62. The molecule has 3 atom stereocenters. The van der Waals surface area contributed by atoms with Crippen LogP contribution in [0.5, 0.6) is 0 Å². The SMILES string of the molecule is CC(C)=CCNC1C2(C)CCC(C2)C1(C)C. The van der Waals surface area contributed by atoms with Crippen LogP contribution in [0.25, 0.3) is 0 Å². The molecule has 2 bridgehead atoms. The van der Waals surface area contributed by atoms with Crippen LogP contribution in [0.2, 0.25) is 0 Å². The van der Waals surface area contributed by atoms with Gasteiger partial charge in [-0.05, 0) is 49.9 Å². The second-order valence-corrected chi connectivity index (χ2v) is 7.04. The van der Waals surface area contributed by atoms with Crippen molar-refractivity contribution in [2.45, 2.75) is 59.9 Å². The molecule has 0 aromatic rings. The summed E-state index contributed by atoms with van der Waals surface area (Å²) in [5.74, 6) is 0.946. The molecule has 1 N–H and O–H groups in total. The van der Waals surface area contributed by atoms with E-state index < -0.39 is 0 Å². The van der Waals surface area contributed by atoms with Crippen molar-refractivity contribution in [2.24, 2.45) is 16.7 Å². The van der Waals surface area contributed by atoms with Crippen molar-refractivity contribution < 1.29 is 0 Å². The van der Waals surface area contributed by atoms with Gasteiger partial charge in [-0.3, -0.25) is 0 Å². The minimum Gasteiger partial charge on any atom is -0.309 e. The summed E-state index contributed by atoms with van der Waals surface area (Å²) >= 11 is 0. The molecule has 0 heterocycles. The van der Waals surface area contributed by atoms with E-state index in [0.717, 1.165) is 12.5 Å². The molecule has 0 spiro atoms. The van der Waals surface area contributed by atoms with Gasteiger partial charge in [-0.2, -0.15) is 0 Å². The van der Waals surface area contributed by atoms with E-state index in [-0.39, 0.29) is 0 Å². The van der Waals surface area contributed by atoms with Crippen molar-refractivity contribution in [3.8, 4) is 0 Å². The third kappa shape index (κ3) is 1.84. The van der Waals surface area contributed by atoms with Crippen LogP contribution < -0.4 is 5.32 Å². The van der Waals surface area contributed by atoms with Crippen molar-refractivity contribution in [3.05, 3.63) is 11.6 Å². The molecule has 0 saturated heterocycles. The third-order valence-electron chi connectivity index (χ3n) is 5.10. The topological polar surface area (TPSA) is 12.0 Å². The molecule has 2 rings (SSSR count). The highest BCUT2D eigenvalue weighted by atomic mass is 15.0. The lowest BCUT2D eigenvalue weighted by molar-refractivity contribution is 0.112. The average Bonchev–Trinajstić information content (AvgIpc) is 2.62. The van der Waals surface area contributed by atoms with Gasteiger partial charge in [0.1, 0.15) is 0 Å². The summed E-state index contributed by atoms with van der Waals surface area (Å²) in [5.41, 5.74) is 2.46. The van der Waals surface area contributed by atoms with Crippen LogP contribution in [0, 0.1) is 16.7 Å². The van der Waals surface area contributed by atoms with E-state index in [0.29, 0.717) is 16.9 Å². The van der Waals surface area contributed by atoms with Gasteiger partial charge in [0.25, 0.3) is 0 Å². The van der Waals surface area contributed by atoms with Crippen molar-refractivity contribution >= 4 is 0 Å². The van der Waals surface area contributed by atoms with Crippen LogP contribution in [-0.2, 0) is 0 Å². The maximum absolute atomic E-state index is 3.80.